The van der Waals surface area contributed by atoms with Gasteiger partial charge in [-0.2, -0.15) is 10.2 Å². The van der Waals surface area contributed by atoms with Crippen LogP contribution in [0, 0.1) is 5.41 Å². The molecule has 2 amide bonds. The van der Waals surface area contributed by atoms with Crippen LogP contribution in [0.25, 0.3) is 0 Å². The lowest BCUT2D eigenvalue weighted by Gasteiger charge is -2.15. The van der Waals surface area contributed by atoms with Crippen LogP contribution in [0.5, 0.6) is 0 Å². The Kier molecular flexibility index (Phi) is 3.78. The molecule has 20 heavy (non-hydrogen) atoms. The highest BCUT2D eigenvalue weighted by Crippen LogP contribution is 2.20. The monoisotopic (exact) mass is 276 g/mol. The summed E-state index contributed by atoms with van der Waals surface area (Å²) in [6.07, 6.45) is 4.16. The molecule has 2 aromatic rings. The van der Waals surface area contributed by atoms with Crippen LogP contribution < -0.4 is 10.6 Å². The molecule has 108 valence electrons. The second kappa shape index (κ2) is 5.36. The molecule has 0 unspecified atom stereocenters. The Morgan fingerprint density at radius 3 is 2.75 bits per heavy atom. The quantitative estimate of drug-likeness (QED) is 0.804. The molecular formula is C13H20N6O. The first kappa shape index (κ1) is 14.1. The molecule has 0 fully saturated rings. The van der Waals surface area contributed by atoms with Gasteiger partial charge in [-0.3, -0.25) is 15.1 Å². The minimum atomic E-state index is -0.341. The zero-order valence-electron chi connectivity index (χ0n) is 12.2. The van der Waals surface area contributed by atoms with Crippen molar-refractivity contribution in [3.8, 4) is 0 Å². The molecule has 0 atom stereocenters. The van der Waals surface area contributed by atoms with Gasteiger partial charge in [-0.1, -0.05) is 20.8 Å². The smallest absolute Gasteiger partial charge is 0.305 e. The fourth-order valence-electron chi connectivity index (χ4n) is 1.85. The van der Waals surface area contributed by atoms with E-state index in [1.165, 1.54) is 0 Å². The van der Waals surface area contributed by atoms with Crippen LogP contribution >= 0.6 is 0 Å². The van der Waals surface area contributed by atoms with Crippen LogP contribution in [-0.4, -0.2) is 26.0 Å². The minimum absolute atomic E-state index is 0.168. The van der Waals surface area contributed by atoms with Crippen molar-refractivity contribution < 1.29 is 4.79 Å². The van der Waals surface area contributed by atoms with E-state index >= 15 is 0 Å². The van der Waals surface area contributed by atoms with Crippen molar-refractivity contribution in [2.75, 3.05) is 10.6 Å². The molecular weight excluding hydrogens is 256 g/mol. The highest BCUT2D eigenvalue weighted by molar-refractivity contribution is 5.98. The Bertz CT molecular complexity index is 592. The maximum atomic E-state index is 11.8. The molecule has 0 spiro atoms. The predicted molar refractivity (Wildman–Crippen MR) is 77.6 cm³/mol. The number of aromatic amines is 1. The van der Waals surface area contributed by atoms with Gasteiger partial charge < -0.3 is 5.32 Å². The molecule has 0 radical (unpaired) electrons. The molecule has 2 aromatic heterocycles. The number of carbonyl (C=O) groups excluding carboxylic acids is 1. The number of nitrogens with zero attached hydrogens (tertiary/aromatic N) is 3. The second-order valence-electron chi connectivity index (χ2n) is 6.00. The van der Waals surface area contributed by atoms with E-state index in [0.29, 0.717) is 11.5 Å². The third-order valence-electron chi connectivity index (χ3n) is 2.56. The summed E-state index contributed by atoms with van der Waals surface area (Å²) >= 11 is 0. The van der Waals surface area contributed by atoms with Gasteiger partial charge in [0, 0.05) is 25.0 Å². The Morgan fingerprint density at radius 2 is 2.15 bits per heavy atom. The van der Waals surface area contributed by atoms with Crippen molar-refractivity contribution in [3.63, 3.8) is 0 Å². The Hall–Kier alpha value is -2.31. The highest BCUT2D eigenvalue weighted by atomic mass is 16.2. The minimum Gasteiger partial charge on any atom is -0.305 e. The van der Waals surface area contributed by atoms with Crippen molar-refractivity contribution in [1.29, 1.82) is 0 Å². The van der Waals surface area contributed by atoms with Crippen LogP contribution in [0.1, 0.15) is 26.5 Å². The van der Waals surface area contributed by atoms with E-state index in [9.17, 15) is 4.79 Å². The average Bonchev–Trinajstić information content (AvgIpc) is 2.86. The largest absolute Gasteiger partial charge is 0.324 e. The van der Waals surface area contributed by atoms with Crippen molar-refractivity contribution in [3.05, 3.63) is 24.2 Å². The fraction of sp³-hybridized carbons (Fsp3) is 0.462. The topological polar surface area (TPSA) is 87.6 Å². The molecule has 0 aromatic carbocycles. The summed E-state index contributed by atoms with van der Waals surface area (Å²) in [6, 6.07) is 1.50. The van der Waals surface area contributed by atoms with Crippen molar-refractivity contribution in [2.45, 2.75) is 27.2 Å². The lowest BCUT2D eigenvalue weighted by molar-refractivity contribution is 0.262. The van der Waals surface area contributed by atoms with E-state index in [4.69, 9.17) is 0 Å². The Balaban J connectivity index is 1.91. The van der Waals surface area contributed by atoms with E-state index in [-0.39, 0.29) is 11.4 Å². The fourth-order valence-corrected chi connectivity index (χ4v) is 1.85. The number of hydrogen-bond acceptors (Lipinski definition) is 3. The Labute approximate surface area is 117 Å². The molecule has 0 bridgehead atoms. The standard InChI is InChI=1S/C13H20N6O/c1-13(2,3)6-9-5-11(18-17-9)16-12(20)15-10-7-14-19(4)8-10/h5,7-8H,6H2,1-4H3,(H3,15,16,17,18,20). The lowest BCUT2D eigenvalue weighted by atomic mass is 9.91. The van der Waals surface area contributed by atoms with Gasteiger partial charge in [0.1, 0.15) is 0 Å². The number of aryl methyl sites for hydroxylation is 1. The molecule has 7 heteroatoms. The van der Waals surface area contributed by atoms with Crippen molar-refractivity contribution >= 4 is 17.5 Å². The zero-order valence-corrected chi connectivity index (χ0v) is 12.2. The maximum Gasteiger partial charge on any atom is 0.324 e. The van der Waals surface area contributed by atoms with Crippen LogP contribution in [0.2, 0.25) is 0 Å². The number of anilines is 2. The first-order valence-electron chi connectivity index (χ1n) is 6.43. The maximum absolute atomic E-state index is 11.8. The van der Waals surface area contributed by atoms with Crippen LogP contribution in [-0.2, 0) is 13.5 Å². The van der Waals surface area contributed by atoms with E-state index in [1.807, 2.05) is 6.07 Å². The molecule has 2 rings (SSSR count). The van der Waals surface area contributed by atoms with Gasteiger partial charge >= 0.3 is 6.03 Å². The van der Waals surface area contributed by atoms with Crippen molar-refractivity contribution in [1.82, 2.24) is 20.0 Å². The predicted octanol–water partition coefficient (Wildman–Crippen LogP) is 2.38. The number of H-pyrrole nitrogens is 1. The third-order valence-corrected chi connectivity index (χ3v) is 2.56. The molecule has 0 saturated heterocycles. The van der Waals surface area contributed by atoms with Gasteiger partial charge in [0.15, 0.2) is 5.82 Å². The SMILES string of the molecule is Cn1cc(NC(=O)Nc2cc(CC(C)(C)C)[nH]n2)cn1. The van der Waals surface area contributed by atoms with E-state index in [1.54, 1.807) is 24.1 Å². The van der Waals surface area contributed by atoms with Gasteiger partial charge in [0.25, 0.3) is 0 Å². The van der Waals surface area contributed by atoms with Gasteiger partial charge in [-0.05, 0) is 11.8 Å². The number of hydrogen-bond donors (Lipinski definition) is 3. The number of carbonyl (C=O) groups is 1. The summed E-state index contributed by atoms with van der Waals surface area (Å²) in [6.45, 7) is 6.45. The number of amides is 2. The van der Waals surface area contributed by atoms with E-state index in [2.05, 4.69) is 46.7 Å². The average molecular weight is 276 g/mol. The zero-order chi connectivity index (χ0) is 14.8. The van der Waals surface area contributed by atoms with Crippen LogP contribution in [0.15, 0.2) is 18.5 Å². The molecule has 7 nitrogen and oxygen atoms in total. The van der Waals surface area contributed by atoms with Gasteiger partial charge in [0.2, 0.25) is 0 Å². The molecule has 2 heterocycles. The van der Waals surface area contributed by atoms with Crippen LogP contribution in [0.4, 0.5) is 16.3 Å². The summed E-state index contributed by atoms with van der Waals surface area (Å²) in [5, 5.41) is 16.3. The van der Waals surface area contributed by atoms with E-state index < -0.39 is 0 Å². The first-order chi connectivity index (χ1) is 9.32. The first-order valence-corrected chi connectivity index (χ1v) is 6.43. The highest BCUT2D eigenvalue weighted by Gasteiger charge is 2.14. The summed E-state index contributed by atoms with van der Waals surface area (Å²) < 4.78 is 1.62. The summed E-state index contributed by atoms with van der Waals surface area (Å²) in [5.41, 5.74) is 1.80. The summed E-state index contributed by atoms with van der Waals surface area (Å²) in [4.78, 5) is 11.8. The number of aromatic nitrogens is 4. The normalized spacial score (nSPS) is 11.4. The number of urea groups is 1. The third kappa shape index (κ3) is 4.11. The Morgan fingerprint density at radius 1 is 1.40 bits per heavy atom. The number of rotatable bonds is 3. The molecule has 3 N–H and O–H groups in total. The van der Waals surface area contributed by atoms with Gasteiger partial charge in [-0.15, -0.1) is 0 Å². The lowest BCUT2D eigenvalue weighted by Crippen LogP contribution is -2.19. The van der Waals surface area contributed by atoms with E-state index in [0.717, 1.165) is 12.1 Å². The summed E-state index contributed by atoms with van der Waals surface area (Å²) in [5.74, 6) is 0.505. The summed E-state index contributed by atoms with van der Waals surface area (Å²) in [7, 11) is 1.79. The van der Waals surface area contributed by atoms with Gasteiger partial charge in [-0.25, -0.2) is 4.79 Å². The second-order valence-corrected chi connectivity index (χ2v) is 6.00. The molecule has 0 saturated carbocycles. The van der Waals surface area contributed by atoms with Crippen molar-refractivity contribution in [2.24, 2.45) is 12.5 Å². The van der Waals surface area contributed by atoms with Gasteiger partial charge in [0.05, 0.1) is 11.9 Å². The molecule has 0 aliphatic rings. The number of nitrogens with one attached hydrogen (secondary N) is 3. The molecule has 0 aliphatic carbocycles. The molecule has 0 aliphatic heterocycles. The van der Waals surface area contributed by atoms with Crippen LogP contribution in [0.3, 0.4) is 0 Å².